The molecule has 26 heavy (non-hydrogen) atoms. The van der Waals surface area contributed by atoms with Crippen molar-refractivity contribution in [1.29, 1.82) is 0 Å². The number of carboxylic acids is 1. The molecule has 2 aliphatic heterocycles. The second kappa shape index (κ2) is 8.39. The number of thiazole rings is 1. The van der Waals surface area contributed by atoms with Crippen molar-refractivity contribution in [2.45, 2.75) is 11.4 Å². The fourth-order valence-electron chi connectivity index (χ4n) is 2.33. The van der Waals surface area contributed by atoms with Crippen molar-refractivity contribution in [3.05, 3.63) is 22.8 Å². The van der Waals surface area contributed by atoms with Crippen LogP contribution in [0.5, 0.6) is 0 Å². The Balaban J connectivity index is 0.00000243. The normalized spacial score (nSPS) is 21.7. The number of β-lactam (4-membered cyclic amide) rings is 1. The van der Waals surface area contributed by atoms with Crippen LogP contribution in [-0.4, -0.2) is 57.7 Å². The van der Waals surface area contributed by atoms with Gasteiger partial charge in [-0.05, 0) is 0 Å². The van der Waals surface area contributed by atoms with E-state index in [9.17, 15) is 19.5 Å². The molecule has 0 radical (unpaired) electrons. The number of nitrogens with two attached hydrogens (primary N) is 1. The number of oxime groups is 1. The number of rotatable bonds is 5. The summed E-state index contributed by atoms with van der Waals surface area (Å²) in [7, 11) is 1.28. The number of hydrogen-bond donors (Lipinski definition) is 2. The van der Waals surface area contributed by atoms with E-state index in [1.807, 2.05) is 0 Å². The van der Waals surface area contributed by atoms with Crippen LogP contribution in [0, 0.1) is 0 Å². The summed E-state index contributed by atoms with van der Waals surface area (Å²) in [5.41, 5.74) is 5.71. The van der Waals surface area contributed by atoms with E-state index in [2.05, 4.69) is 20.3 Å². The second-order valence-electron chi connectivity index (χ2n) is 5.03. The molecule has 2 aliphatic rings. The first-order valence-corrected chi connectivity index (χ1v) is 8.84. The Morgan fingerprint density at radius 1 is 1.54 bits per heavy atom. The van der Waals surface area contributed by atoms with Crippen molar-refractivity contribution in [3.63, 3.8) is 0 Å². The van der Waals surface area contributed by atoms with Gasteiger partial charge < -0.3 is 30.7 Å². The first kappa shape index (κ1) is 20.7. The van der Waals surface area contributed by atoms with E-state index in [4.69, 9.17) is 5.73 Å². The fourth-order valence-corrected chi connectivity index (χ4v) is 4.12. The van der Waals surface area contributed by atoms with E-state index >= 15 is 0 Å². The maximum absolute atomic E-state index is 12.4. The van der Waals surface area contributed by atoms with Gasteiger partial charge >= 0.3 is 29.6 Å². The summed E-state index contributed by atoms with van der Waals surface area (Å²) in [6, 6.07) is -0.796. The molecule has 10 nitrogen and oxygen atoms in total. The molecule has 1 aromatic rings. The number of aromatic nitrogens is 1. The number of aliphatic carboxylic acids is 1. The largest absolute Gasteiger partial charge is 1.00 e. The second-order valence-corrected chi connectivity index (χ2v) is 7.03. The van der Waals surface area contributed by atoms with Crippen LogP contribution in [0.15, 0.2) is 22.3 Å². The third-order valence-corrected chi connectivity index (χ3v) is 5.49. The molecule has 3 rings (SSSR count). The molecule has 0 bridgehead atoms. The first-order chi connectivity index (χ1) is 11.9. The van der Waals surface area contributed by atoms with E-state index < -0.39 is 23.8 Å². The smallest absolute Gasteiger partial charge is 0.545 e. The Hall–Kier alpha value is -1.60. The number of fused-ring (bicyclic) bond motifs is 1. The molecule has 1 saturated heterocycles. The third kappa shape index (κ3) is 3.88. The van der Waals surface area contributed by atoms with Gasteiger partial charge in [0.15, 0.2) is 10.8 Å². The molecule has 1 unspecified atom stereocenters. The van der Waals surface area contributed by atoms with Gasteiger partial charge in [0.1, 0.15) is 24.2 Å². The average Bonchev–Trinajstić information content (AvgIpc) is 3.02. The molecule has 13 heteroatoms. The van der Waals surface area contributed by atoms with E-state index in [-0.39, 0.29) is 62.8 Å². The minimum atomic E-state index is -1.32. The van der Waals surface area contributed by atoms with Gasteiger partial charge in [-0.2, -0.15) is 0 Å². The van der Waals surface area contributed by atoms with Crippen LogP contribution in [0.1, 0.15) is 5.69 Å². The van der Waals surface area contributed by atoms with Crippen molar-refractivity contribution in [1.82, 2.24) is 15.2 Å². The predicted molar refractivity (Wildman–Crippen MR) is 88.2 cm³/mol. The van der Waals surface area contributed by atoms with Gasteiger partial charge in [-0.25, -0.2) is 4.98 Å². The summed E-state index contributed by atoms with van der Waals surface area (Å²) < 4.78 is 0. The minimum absolute atomic E-state index is 0. The Labute approximate surface area is 178 Å². The van der Waals surface area contributed by atoms with Crippen LogP contribution < -0.4 is 45.7 Å². The van der Waals surface area contributed by atoms with E-state index in [1.54, 1.807) is 5.38 Å². The molecule has 3 N–H and O–H groups in total. The number of anilines is 1. The van der Waals surface area contributed by atoms with Crippen LogP contribution in [0.4, 0.5) is 5.13 Å². The molecule has 0 saturated carbocycles. The van der Waals surface area contributed by atoms with Gasteiger partial charge in [-0.3, -0.25) is 9.59 Å². The molecular weight excluding hydrogens is 393 g/mol. The predicted octanol–water partition coefficient (Wildman–Crippen LogP) is -4.89. The van der Waals surface area contributed by atoms with Gasteiger partial charge in [-0.15, -0.1) is 23.1 Å². The zero-order valence-electron chi connectivity index (χ0n) is 13.8. The molecular formula is C13H12N5NaO5S2. The summed E-state index contributed by atoms with van der Waals surface area (Å²) in [4.78, 5) is 45.4. The number of amides is 2. The summed E-state index contributed by atoms with van der Waals surface area (Å²) >= 11 is 2.36. The molecule has 132 valence electrons. The molecule has 1 aromatic heterocycles. The zero-order valence-corrected chi connectivity index (χ0v) is 17.4. The van der Waals surface area contributed by atoms with Crippen molar-refractivity contribution in [3.8, 4) is 0 Å². The van der Waals surface area contributed by atoms with Crippen LogP contribution in [0.3, 0.4) is 0 Å². The standard InChI is InChI=1S/C13H13N5O5S2.Na/c1-23-17-7(6-4-25-13(14)15-6)9(19)16-8-10(20)18-2-5(12(21)22)3-24-11(8)18;/h2,4,8,11H,3H2,1H3,(H2,14,15)(H,16,19)(H,21,22);/q;+1/p-1/t8?,11-;/m1./s1. The number of carbonyl (C=O) groups excluding carboxylic acids is 3. The monoisotopic (exact) mass is 405 g/mol. The minimum Gasteiger partial charge on any atom is -0.545 e. The number of carbonyl (C=O) groups is 3. The maximum Gasteiger partial charge on any atom is 1.00 e. The number of nitrogens with one attached hydrogen (secondary N) is 1. The van der Waals surface area contributed by atoms with E-state index in [1.165, 1.54) is 30.0 Å². The summed E-state index contributed by atoms with van der Waals surface area (Å²) in [6.45, 7) is 0. The van der Waals surface area contributed by atoms with Gasteiger partial charge in [0.2, 0.25) is 0 Å². The summed E-state index contributed by atoms with van der Waals surface area (Å²) in [5.74, 6) is -2.19. The van der Waals surface area contributed by atoms with Crippen LogP contribution in [0.25, 0.3) is 0 Å². The average molecular weight is 405 g/mol. The number of nitrogen functional groups attached to an aromatic ring is 1. The third-order valence-electron chi connectivity index (χ3n) is 3.50. The van der Waals surface area contributed by atoms with E-state index in [0.29, 0.717) is 0 Å². The first-order valence-electron chi connectivity index (χ1n) is 6.91. The van der Waals surface area contributed by atoms with Gasteiger partial charge in [0.05, 0.1) is 5.97 Å². The summed E-state index contributed by atoms with van der Waals surface area (Å²) in [5, 5.41) is 18.5. The van der Waals surface area contributed by atoms with E-state index in [0.717, 1.165) is 11.3 Å². The number of hydrogen-bond acceptors (Lipinski definition) is 10. The topological polar surface area (TPSA) is 150 Å². The fraction of sp³-hybridized carbons (Fsp3) is 0.308. The SMILES string of the molecule is CON=C(C(=O)NC1C(=O)N2C=C(C(=O)[O-])CS[C@H]12)c1csc(N)n1.[Na+]. The molecule has 0 spiro atoms. The van der Waals surface area contributed by atoms with Crippen LogP contribution in [0.2, 0.25) is 0 Å². The van der Waals surface area contributed by atoms with Crippen LogP contribution >= 0.6 is 23.1 Å². The van der Waals surface area contributed by atoms with Crippen molar-refractivity contribution in [2.24, 2.45) is 5.16 Å². The molecule has 2 amide bonds. The Bertz CT molecular complexity index is 811. The van der Waals surface area contributed by atoms with Crippen LogP contribution in [-0.2, 0) is 19.2 Å². The van der Waals surface area contributed by atoms with Crippen molar-refractivity contribution in [2.75, 3.05) is 18.6 Å². The van der Waals surface area contributed by atoms with Gasteiger partial charge in [0, 0.05) is 22.9 Å². The summed E-state index contributed by atoms with van der Waals surface area (Å²) in [6.07, 6.45) is 1.24. The Morgan fingerprint density at radius 2 is 2.27 bits per heavy atom. The Morgan fingerprint density at radius 3 is 2.85 bits per heavy atom. The van der Waals surface area contributed by atoms with Gasteiger partial charge in [0.25, 0.3) is 11.8 Å². The molecule has 3 heterocycles. The molecule has 0 aromatic carbocycles. The zero-order chi connectivity index (χ0) is 18.1. The number of carboxylic acid groups (broad SMARTS) is 1. The van der Waals surface area contributed by atoms with Gasteiger partial charge in [-0.1, -0.05) is 5.16 Å². The number of nitrogens with zero attached hydrogens (tertiary/aromatic N) is 3. The van der Waals surface area contributed by atoms with Crippen molar-refractivity contribution < 1.29 is 53.9 Å². The molecule has 2 atom stereocenters. The Kier molecular flexibility index (Phi) is 6.69. The molecule has 0 aliphatic carbocycles. The van der Waals surface area contributed by atoms with Crippen molar-refractivity contribution >= 4 is 51.7 Å². The quantitative estimate of drug-likeness (QED) is 0.214. The maximum atomic E-state index is 12.4. The molecule has 1 fully saturated rings. The number of thioether (sulfide) groups is 1.